The number of hydrogen-bond donors (Lipinski definition) is 1. The van der Waals surface area contributed by atoms with Crippen LogP contribution in [0, 0.1) is 5.41 Å². The Labute approximate surface area is 116 Å². The van der Waals surface area contributed by atoms with Gasteiger partial charge in [-0.3, -0.25) is 9.69 Å². The van der Waals surface area contributed by atoms with Gasteiger partial charge in [0.15, 0.2) is 0 Å². The van der Waals surface area contributed by atoms with Gasteiger partial charge < -0.3 is 14.7 Å². The topological polar surface area (TPSA) is 53.0 Å². The van der Waals surface area contributed by atoms with Crippen LogP contribution >= 0.6 is 0 Å². The van der Waals surface area contributed by atoms with Gasteiger partial charge in [-0.15, -0.1) is 0 Å². The van der Waals surface area contributed by atoms with E-state index in [2.05, 4.69) is 35.3 Å². The van der Waals surface area contributed by atoms with Gasteiger partial charge in [0.05, 0.1) is 19.6 Å². The monoisotopic (exact) mass is 272 g/mol. The van der Waals surface area contributed by atoms with E-state index in [1.165, 1.54) is 7.11 Å². The van der Waals surface area contributed by atoms with E-state index in [0.29, 0.717) is 6.42 Å². The average molecular weight is 272 g/mol. The Hall–Kier alpha value is -0.650. The summed E-state index contributed by atoms with van der Waals surface area (Å²) in [5.74, 6) is -0.148. The largest absolute Gasteiger partial charge is 0.469 e. The van der Waals surface area contributed by atoms with Crippen LogP contribution in [0.4, 0.5) is 0 Å². The number of carbonyl (C=O) groups is 1. The number of rotatable bonds is 5. The zero-order chi connectivity index (χ0) is 14.5. The second-order valence-electron chi connectivity index (χ2n) is 6.35. The molecule has 1 N–H and O–H groups in total. The summed E-state index contributed by atoms with van der Waals surface area (Å²) in [6.45, 7) is 11.5. The Morgan fingerprint density at radius 2 is 1.74 bits per heavy atom. The number of esters is 1. The molecule has 0 aromatic rings. The number of piperazine rings is 1. The van der Waals surface area contributed by atoms with E-state index in [-0.39, 0.29) is 17.5 Å². The SMILES string of the molecule is COC(=O)CCN1CCN(CC(O)C(C)(C)C)CC1. The van der Waals surface area contributed by atoms with Crippen molar-refractivity contribution in [2.24, 2.45) is 5.41 Å². The van der Waals surface area contributed by atoms with Crippen molar-refractivity contribution >= 4 is 5.97 Å². The van der Waals surface area contributed by atoms with Crippen LogP contribution in [0.1, 0.15) is 27.2 Å². The summed E-state index contributed by atoms with van der Waals surface area (Å²) < 4.78 is 4.64. The van der Waals surface area contributed by atoms with Gasteiger partial charge in [-0.05, 0) is 5.41 Å². The number of β-amino-alcohol motifs (C(OH)–C–C–N with tert-alkyl or cyclic N) is 1. The molecule has 0 aromatic heterocycles. The first-order valence-electron chi connectivity index (χ1n) is 7.02. The number of methoxy groups -OCH3 is 1. The lowest BCUT2D eigenvalue weighted by Gasteiger charge is -2.37. The molecular weight excluding hydrogens is 244 g/mol. The van der Waals surface area contributed by atoms with E-state index in [1.807, 2.05) is 0 Å². The number of nitrogens with zero attached hydrogens (tertiary/aromatic N) is 2. The maximum Gasteiger partial charge on any atom is 0.306 e. The molecule has 1 saturated heterocycles. The van der Waals surface area contributed by atoms with E-state index in [9.17, 15) is 9.90 Å². The van der Waals surface area contributed by atoms with E-state index >= 15 is 0 Å². The molecule has 0 aromatic carbocycles. The fourth-order valence-electron chi connectivity index (χ4n) is 2.07. The molecule has 5 nitrogen and oxygen atoms in total. The zero-order valence-electron chi connectivity index (χ0n) is 12.7. The number of aliphatic hydroxyl groups is 1. The van der Waals surface area contributed by atoms with Crippen LogP contribution in [0.25, 0.3) is 0 Å². The van der Waals surface area contributed by atoms with Crippen LogP contribution in [0.3, 0.4) is 0 Å². The molecule has 1 aliphatic rings. The van der Waals surface area contributed by atoms with E-state index in [4.69, 9.17) is 0 Å². The van der Waals surface area contributed by atoms with Crippen molar-refractivity contribution < 1.29 is 14.6 Å². The molecule has 0 saturated carbocycles. The van der Waals surface area contributed by atoms with Crippen LogP contribution in [-0.2, 0) is 9.53 Å². The lowest BCUT2D eigenvalue weighted by molar-refractivity contribution is -0.141. The van der Waals surface area contributed by atoms with Crippen molar-refractivity contribution in [1.82, 2.24) is 9.80 Å². The highest BCUT2D eigenvalue weighted by Crippen LogP contribution is 2.20. The standard InChI is InChI=1S/C14H28N2O3/c1-14(2,3)12(17)11-16-9-7-15(8-10-16)6-5-13(18)19-4/h12,17H,5-11H2,1-4H3. The fraction of sp³-hybridized carbons (Fsp3) is 0.929. The summed E-state index contributed by atoms with van der Waals surface area (Å²) >= 11 is 0. The Kier molecular flexibility index (Phi) is 6.23. The minimum Gasteiger partial charge on any atom is -0.469 e. The normalized spacial score (nSPS) is 20.3. The minimum absolute atomic E-state index is 0.0674. The lowest BCUT2D eigenvalue weighted by atomic mass is 9.89. The predicted molar refractivity (Wildman–Crippen MR) is 75.0 cm³/mol. The highest BCUT2D eigenvalue weighted by atomic mass is 16.5. The predicted octanol–water partition coefficient (Wildman–Crippen LogP) is 0.574. The molecule has 0 spiro atoms. The molecule has 1 rings (SSSR count). The molecule has 0 bridgehead atoms. The number of ether oxygens (including phenoxy) is 1. The average Bonchev–Trinajstić information content (AvgIpc) is 2.36. The summed E-state index contributed by atoms with van der Waals surface area (Å²) in [6.07, 6.45) is 0.162. The third-order valence-electron chi connectivity index (χ3n) is 3.76. The summed E-state index contributed by atoms with van der Waals surface area (Å²) in [5.41, 5.74) is -0.0674. The first kappa shape index (κ1) is 16.4. The summed E-state index contributed by atoms with van der Waals surface area (Å²) in [5, 5.41) is 10.1. The van der Waals surface area contributed by atoms with Gasteiger partial charge in [0, 0.05) is 39.3 Å². The third-order valence-corrected chi connectivity index (χ3v) is 3.76. The first-order chi connectivity index (χ1) is 8.82. The van der Waals surface area contributed by atoms with Crippen molar-refractivity contribution in [1.29, 1.82) is 0 Å². The molecule has 0 radical (unpaired) electrons. The van der Waals surface area contributed by atoms with Gasteiger partial charge in [-0.1, -0.05) is 20.8 Å². The molecule has 1 aliphatic heterocycles. The van der Waals surface area contributed by atoms with Crippen LogP contribution in [0.2, 0.25) is 0 Å². The second-order valence-corrected chi connectivity index (χ2v) is 6.35. The lowest BCUT2D eigenvalue weighted by Crippen LogP contribution is -2.50. The minimum atomic E-state index is -0.297. The quantitative estimate of drug-likeness (QED) is 0.742. The fourth-order valence-corrected chi connectivity index (χ4v) is 2.07. The number of aliphatic hydroxyl groups excluding tert-OH is 1. The molecule has 1 heterocycles. The zero-order valence-corrected chi connectivity index (χ0v) is 12.7. The molecule has 0 amide bonds. The Bertz CT molecular complexity index is 281. The molecule has 1 atom stereocenters. The van der Waals surface area contributed by atoms with E-state index in [0.717, 1.165) is 39.3 Å². The molecule has 0 aliphatic carbocycles. The van der Waals surface area contributed by atoms with Crippen molar-refractivity contribution in [2.75, 3.05) is 46.4 Å². The van der Waals surface area contributed by atoms with Crippen LogP contribution in [-0.4, -0.2) is 73.4 Å². The third kappa shape index (κ3) is 5.89. The highest BCUT2D eigenvalue weighted by molar-refractivity contribution is 5.69. The van der Waals surface area contributed by atoms with Gasteiger partial charge in [0.25, 0.3) is 0 Å². The molecule has 1 unspecified atom stereocenters. The smallest absolute Gasteiger partial charge is 0.306 e. The first-order valence-corrected chi connectivity index (χ1v) is 7.02. The van der Waals surface area contributed by atoms with Gasteiger partial charge in [0.1, 0.15) is 0 Å². The van der Waals surface area contributed by atoms with Gasteiger partial charge in [-0.25, -0.2) is 0 Å². The highest BCUT2D eigenvalue weighted by Gasteiger charge is 2.26. The maximum absolute atomic E-state index is 11.1. The molecular formula is C14H28N2O3. The summed E-state index contributed by atoms with van der Waals surface area (Å²) in [7, 11) is 1.42. The summed E-state index contributed by atoms with van der Waals surface area (Å²) in [6, 6.07) is 0. The van der Waals surface area contributed by atoms with Crippen molar-refractivity contribution in [3.63, 3.8) is 0 Å². The van der Waals surface area contributed by atoms with Crippen molar-refractivity contribution in [3.8, 4) is 0 Å². The van der Waals surface area contributed by atoms with Crippen molar-refractivity contribution in [3.05, 3.63) is 0 Å². The van der Waals surface area contributed by atoms with Crippen LogP contribution < -0.4 is 0 Å². The van der Waals surface area contributed by atoms with Gasteiger partial charge in [0.2, 0.25) is 0 Å². The molecule has 112 valence electrons. The van der Waals surface area contributed by atoms with Gasteiger partial charge >= 0.3 is 5.97 Å². The second kappa shape index (κ2) is 7.22. The molecule has 5 heteroatoms. The van der Waals surface area contributed by atoms with Gasteiger partial charge in [-0.2, -0.15) is 0 Å². The Morgan fingerprint density at radius 1 is 1.21 bits per heavy atom. The van der Waals surface area contributed by atoms with Crippen molar-refractivity contribution in [2.45, 2.75) is 33.3 Å². The van der Waals surface area contributed by atoms with E-state index < -0.39 is 0 Å². The number of hydrogen-bond acceptors (Lipinski definition) is 5. The van der Waals surface area contributed by atoms with Crippen LogP contribution in [0.15, 0.2) is 0 Å². The van der Waals surface area contributed by atoms with Crippen LogP contribution in [0.5, 0.6) is 0 Å². The molecule has 19 heavy (non-hydrogen) atoms. The Morgan fingerprint density at radius 3 is 2.21 bits per heavy atom. The Balaban J connectivity index is 2.24. The maximum atomic E-state index is 11.1. The summed E-state index contributed by atoms with van der Waals surface area (Å²) in [4.78, 5) is 15.7. The van der Waals surface area contributed by atoms with E-state index in [1.54, 1.807) is 0 Å². The molecule has 1 fully saturated rings. The number of carbonyl (C=O) groups excluding carboxylic acids is 1.